The average molecular weight is 437 g/mol. The fraction of sp³-hybridized carbons (Fsp3) is 0.125. The molecule has 0 fully saturated rings. The molecular formula is C24H21ClN2O4. The zero-order valence-electron chi connectivity index (χ0n) is 17.1. The molecule has 31 heavy (non-hydrogen) atoms. The van der Waals surface area contributed by atoms with Crippen molar-refractivity contribution in [1.82, 2.24) is 5.32 Å². The van der Waals surface area contributed by atoms with Crippen LogP contribution >= 0.6 is 11.6 Å². The van der Waals surface area contributed by atoms with Crippen molar-refractivity contribution in [2.24, 2.45) is 0 Å². The van der Waals surface area contributed by atoms with Gasteiger partial charge in [-0.3, -0.25) is 14.4 Å². The zero-order chi connectivity index (χ0) is 22.4. The standard InChI is InChI=1S/C24H21ClN2O4/c1-15-4-3-5-20(22(15)24(30)26-2)27-21(28)14-31-19-12-8-17(9-13-19)23(29)16-6-10-18(25)11-7-16/h3-13H,14H2,1-2H3,(H,26,30)(H,27,28). The van der Waals surface area contributed by atoms with Crippen LogP contribution in [-0.4, -0.2) is 31.3 Å². The predicted octanol–water partition coefficient (Wildman–Crippen LogP) is 4.26. The summed E-state index contributed by atoms with van der Waals surface area (Å²) in [6.45, 7) is 1.55. The second kappa shape index (κ2) is 9.91. The van der Waals surface area contributed by atoms with E-state index in [1.807, 2.05) is 0 Å². The number of anilines is 1. The minimum Gasteiger partial charge on any atom is -0.484 e. The number of benzene rings is 3. The summed E-state index contributed by atoms with van der Waals surface area (Å²) in [7, 11) is 1.53. The number of ketones is 1. The van der Waals surface area contributed by atoms with Crippen LogP contribution in [0.2, 0.25) is 5.02 Å². The second-order valence-corrected chi connectivity index (χ2v) is 7.21. The van der Waals surface area contributed by atoms with Gasteiger partial charge in [0.1, 0.15) is 5.75 Å². The molecule has 3 aromatic rings. The summed E-state index contributed by atoms with van der Waals surface area (Å²) in [4.78, 5) is 36.9. The minimum atomic E-state index is -0.405. The highest BCUT2D eigenvalue weighted by Crippen LogP contribution is 2.20. The molecule has 7 heteroatoms. The Morgan fingerprint density at radius 3 is 2.13 bits per heavy atom. The van der Waals surface area contributed by atoms with Gasteiger partial charge in [0.25, 0.3) is 11.8 Å². The molecule has 0 bridgehead atoms. The molecule has 0 unspecified atom stereocenters. The Morgan fingerprint density at radius 1 is 0.903 bits per heavy atom. The van der Waals surface area contributed by atoms with E-state index in [1.165, 1.54) is 7.05 Å². The van der Waals surface area contributed by atoms with Crippen LogP contribution in [0.4, 0.5) is 5.69 Å². The van der Waals surface area contributed by atoms with Crippen LogP contribution in [0.25, 0.3) is 0 Å². The quantitative estimate of drug-likeness (QED) is 0.542. The largest absolute Gasteiger partial charge is 0.484 e. The Hall–Kier alpha value is -3.64. The summed E-state index contributed by atoms with van der Waals surface area (Å²) in [6, 6.07) is 18.4. The van der Waals surface area contributed by atoms with Gasteiger partial charge in [0, 0.05) is 23.2 Å². The fourth-order valence-corrected chi connectivity index (χ4v) is 3.13. The predicted molar refractivity (Wildman–Crippen MR) is 120 cm³/mol. The van der Waals surface area contributed by atoms with Crippen molar-refractivity contribution < 1.29 is 19.1 Å². The molecule has 3 rings (SSSR count). The van der Waals surface area contributed by atoms with Gasteiger partial charge in [0.2, 0.25) is 0 Å². The van der Waals surface area contributed by atoms with Gasteiger partial charge in [-0.25, -0.2) is 0 Å². The smallest absolute Gasteiger partial charge is 0.262 e. The highest BCUT2D eigenvalue weighted by atomic mass is 35.5. The van der Waals surface area contributed by atoms with E-state index >= 15 is 0 Å². The summed E-state index contributed by atoms with van der Waals surface area (Å²) < 4.78 is 5.51. The SMILES string of the molecule is CNC(=O)c1c(C)cccc1NC(=O)COc1ccc(C(=O)c2ccc(Cl)cc2)cc1. The van der Waals surface area contributed by atoms with E-state index in [-0.39, 0.29) is 18.3 Å². The first-order valence-corrected chi connectivity index (χ1v) is 9.91. The van der Waals surface area contributed by atoms with Crippen LogP contribution in [0.3, 0.4) is 0 Å². The van der Waals surface area contributed by atoms with E-state index in [1.54, 1.807) is 73.7 Å². The van der Waals surface area contributed by atoms with E-state index in [2.05, 4.69) is 10.6 Å². The van der Waals surface area contributed by atoms with Crippen LogP contribution in [0, 0.1) is 6.92 Å². The molecule has 2 N–H and O–H groups in total. The molecule has 158 valence electrons. The summed E-state index contributed by atoms with van der Waals surface area (Å²) in [6.07, 6.45) is 0. The molecule has 0 saturated heterocycles. The third kappa shape index (κ3) is 5.49. The number of halogens is 1. The van der Waals surface area contributed by atoms with Crippen molar-refractivity contribution >= 4 is 34.9 Å². The minimum absolute atomic E-state index is 0.137. The first kappa shape index (κ1) is 22.1. The number of rotatable bonds is 7. The lowest BCUT2D eigenvalue weighted by Crippen LogP contribution is -2.25. The van der Waals surface area contributed by atoms with Crippen molar-refractivity contribution in [2.45, 2.75) is 6.92 Å². The molecule has 0 radical (unpaired) electrons. The van der Waals surface area contributed by atoms with Gasteiger partial charge >= 0.3 is 0 Å². The number of ether oxygens (including phenoxy) is 1. The summed E-state index contributed by atoms with van der Waals surface area (Å²) in [5, 5.41) is 5.83. The monoisotopic (exact) mass is 436 g/mol. The van der Waals surface area contributed by atoms with Gasteiger partial charge in [-0.2, -0.15) is 0 Å². The number of carbonyl (C=O) groups excluding carboxylic acids is 3. The van der Waals surface area contributed by atoms with Crippen LogP contribution in [0.15, 0.2) is 66.7 Å². The highest BCUT2D eigenvalue weighted by molar-refractivity contribution is 6.30. The van der Waals surface area contributed by atoms with Crippen molar-refractivity contribution in [1.29, 1.82) is 0 Å². The molecule has 0 aliphatic rings. The van der Waals surface area contributed by atoms with Crippen molar-refractivity contribution in [3.8, 4) is 5.75 Å². The first-order valence-electron chi connectivity index (χ1n) is 9.53. The van der Waals surface area contributed by atoms with E-state index in [9.17, 15) is 14.4 Å². The number of carbonyl (C=O) groups is 3. The summed E-state index contributed by atoms with van der Waals surface area (Å²) in [5.41, 5.74) is 2.59. The molecule has 3 aromatic carbocycles. The van der Waals surface area contributed by atoms with Gasteiger partial charge < -0.3 is 15.4 Å². The van der Waals surface area contributed by atoms with Crippen LogP contribution in [0.5, 0.6) is 5.75 Å². The van der Waals surface area contributed by atoms with Crippen LogP contribution in [0.1, 0.15) is 31.8 Å². The molecule has 0 aromatic heterocycles. The van der Waals surface area contributed by atoms with Crippen LogP contribution < -0.4 is 15.4 Å². The number of nitrogens with one attached hydrogen (secondary N) is 2. The zero-order valence-corrected chi connectivity index (χ0v) is 17.8. The summed E-state index contributed by atoms with van der Waals surface area (Å²) >= 11 is 5.85. The van der Waals surface area contributed by atoms with Gasteiger partial charge in [0.05, 0.1) is 11.3 Å². The first-order chi connectivity index (χ1) is 14.9. The van der Waals surface area contributed by atoms with Gasteiger partial charge in [-0.15, -0.1) is 0 Å². The van der Waals surface area contributed by atoms with E-state index in [0.717, 1.165) is 5.56 Å². The lowest BCUT2D eigenvalue weighted by Gasteiger charge is -2.13. The van der Waals surface area contributed by atoms with Gasteiger partial charge in [0.15, 0.2) is 12.4 Å². The fourth-order valence-electron chi connectivity index (χ4n) is 3.00. The van der Waals surface area contributed by atoms with E-state index in [4.69, 9.17) is 16.3 Å². The Labute approximate surface area is 185 Å². The molecule has 2 amide bonds. The van der Waals surface area contributed by atoms with E-state index in [0.29, 0.717) is 33.1 Å². The number of hydrogen-bond donors (Lipinski definition) is 2. The third-order valence-corrected chi connectivity index (χ3v) is 4.85. The topological polar surface area (TPSA) is 84.5 Å². The molecule has 0 heterocycles. The maximum atomic E-state index is 12.5. The Morgan fingerprint density at radius 2 is 1.52 bits per heavy atom. The molecule has 0 saturated carbocycles. The number of aryl methyl sites for hydroxylation is 1. The molecule has 0 aliphatic carbocycles. The van der Waals surface area contributed by atoms with Gasteiger partial charge in [-0.1, -0.05) is 23.7 Å². The lowest BCUT2D eigenvalue weighted by molar-refractivity contribution is -0.118. The van der Waals surface area contributed by atoms with Crippen molar-refractivity contribution in [2.75, 3.05) is 19.0 Å². The Kier molecular flexibility index (Phi) is 7.05. The third-order valence-electron chi connectivity index (χ3n) is 4.59. The Balaban J connectivity index is 1.61. The van der Waals surface area contributed by atoms with E-state index < -0.39 is 5.91 Å². The second-order valence-electron chi connectivity index (χ2n) is 6.77. The maximum Gasteiger partial charge on any atom is 0.262 e. The molecular weight excluding hydrogens is 416 g/mol. The van der Waals surface area contributed by atoms with Gasteiger partial charge in [-0.05, 0) is 67.1 Å². The molecule has 0 atom stereocenters. The highest BCUT2D eigenvalue weighted by Gasteiger charge is 2.15. The number of hydrogen-bond acceptors (Lipinski definition) is 4. The number of amides is 2. The van der Waals surface area contributed by atoms with Crippen molar-refractivity contribution in [3.63, 3.8) is 0 Å². The lowest BCUT2D eigenvalue weighted by atomic mass is 10.0. The van der Waals surface area contributed by atoms with Crippen LogP contribution in [-0.2, 0) is 4.79 Å². The molecule has 6 nitrogen and oxygen atoms in total. The average Bonchev–Trinajstić information content (AvgIpc) is 2.78. The van der Waals surface area contributed by atoms with Crippen molar-refractivity contribution in [3.05, 3.63) is 94.0 Å². The summed E-state index contributed by atoms with van der Waals surface area (Å²) in [5.74, 6) is -0.381. The molecule has 0 aliphatic heterocycles. The molecule has 0 spiro atoms. The normalized spacial score (nSPS) is 10.3. The maximum absolute atomic E-state index is 12.5. The Bertz CT molecular complexity index is 1110.